The molecule has 1 amide bonds. The molecule has 1 aromatic heterocycles. The standard InChI is InChI=1S/C20H20FN3O2/c1-3-15-4-10-18(11-5-15)26-13-20(25)22-19-12-14(2)23-24(19)17-8-6-16(21)7-9-17/h4-12H,3,13H2,1-2H3,(H,22,25). The molecule has 0 spiro atoms. The predicted octanol–water partition coefficient (Wildman–Crippen LogP) is 3.90. The first-order valence-electron chi connectivity index (χ1n) is 8.39. The first-order chi connectivity index (χ1) is 12.5. The maximum atomic E-state index is 13.1. The van der Waals surface area contributed by atoms with Crippen molar-refractivity contribution in [1.82, 2.24) is 9.78 Å². The van der Waals surface area contributed by atoms with Gasteiger partial charge in [0.25, 0.3) is 5.91 Å². The molecule has 3 aromatic rings. The molecule has 0 saturated carbocycles. The zero-order valence-electron chi connectivity index (χ0n) is 14.7. The highest BCUT2D eigenvalue weighted by Crippen LogP contribution is 2.18. The Labute approximate surface area is 151 Å². The van der Waals surface area contributed by atoms with Crippen LogP contribution in [0, 0.1) is 12.7 Å². The first-order valence-corrected chi connectivity index (χ1v) is 8.39. The molecule has 26 heavy (non-hydrogen) atoms. The van der Waals surface area contributed by atoms with E-state index >= 15 is 0 Å². The van der Waals surface area contributed by atoms with E-state index in [-0.39, 0.29) is 18.3 Å². The normalized spacial score (nSPS) is 10.6. The number of carbonyl (C=O) groups is 1. The minimum Gasteiger partial charge on any atom is -0.484 e. The minimum atomic E-state index is -0.328. The van der Waals surface area contributed by atoms with Crippen molar-refractivity contribution in [1.29, 1.82) is 0 Å². The van der Waals surface area contributed by atoms with Crippen molar-refractivity contribution in [2.45, 2.75) is 20.3 Å². The van der Waals surface area contributed by atoms with E-state index in [0.29, 0.717) is 17.3 Å². The van der Waals surface area contributed by atoms with Crippen LogP contribution in [0.1, 0.15) is 18.2 Å². The van der Waals surface area contributed by atoms with Gasteiger partial charge in [-0.1, -0.05) is 19.1 Å². The largest absolute Gasteiger partial charge is 0.484 e. The second-order valence-corrected chi connectivity index (χ2v) is 5.89. The monoisotopic (exact) mass is 353 g/mol. The molecular formula is C20H20FN3O2. The van der Waals surface area contributed by atoms with E-state index in [0.717, 1.165) is 12.1 Å². The number of nitrogens with one attached hydrogen (secondary N) is 1. The number of hydrogen-bond donors (Lipinski definition) is 1. The topological polar surface area (TPSA) is 56.1 Å². The van der Waals surface area contributed by atoms with Crippen LogP contribution in [0.4, 0.5) is 10.2 Å². The van der Waals surface area contributed by atoms with Gasteiger partial charge in [-0.25, -0.2) is 9.07 Å². The van der Waals surface area contributed by atoms with E-state index < -0.39 is 0 Å². The molecule has 5 nitrogen and oxygen atoms in total. The Hall–Kier alpha value is -3.15. The third kappa shape index (κ3) is 4.27. The quantitative estimate of drug-likeness (QED) is 0.731. The van der Waals surface area contributed by atoms with Crippen molar-refractivity contribution in [3.8, 4) is 11.4 Å². The summed E-state index contributed by atoms with van der Waals surface area (Å²) in [6.45, 7) is 3.79. The number of aryl methyl sites for hydroxylation is 2. The van der Waals surface area contributed by atoms with Crippen LogP contribution in [0.2, 0.25) is 0 Å². The second-order valence-electron chi connectivity index (χ2n) is 5.89. The molecule has 0 aliphatic carbocycles. The summed E-state index contributed by atoms with van der Waals surface area (Å²) in [4.78, 5) is 12.2. The lowest BCUT2D eigenvalue weighted by Gasteiger charge is -2.10. The number of carbonyl (C=O) groups excluding carboxylic acids is 1. The Morgan fingerprint density at radius 2 is 1.85 bits per heavy atom. The fourth-order valence-electron chi connectivity index (χ4n) is 2.52. The van der Waals surface area contributed by atoms with Crippen molar-refractivity contribution in [2.75, 3.05) is 11.9 Å². The van der Waals surface area contributed by atoms with Gasteiger partial charge in [-0.15, -0.1) is 0 Å². The number of benzene rings is 2. The molecule has 0 atom stereocenters. The molecule has 134 valence electrons. The Morgan fingerprint density at radius 3 is 2.50 bits per heavy atom. The van der Waals surface area contributed by atoms with Gasteiger partial charge in [0.1, 0.15) is 17.4 Å². The minimum absolute atomic E-state index is 0.112. The molecule has 0 fully saturated rings. The molecule has 0 aliphatic rings. The molecule has 0 aliphatic heterocycles. The van der Waals surface area contributed by atoms with Crippen molar-refractivity contribution in [3.63, 3.8) is 0 Å². The Balaban J connectivity index is 1.66. The smallest absolute Gasteiger partial charge is 0.263 e. The van der Waals surface area contributed by atoms with Gasteiger partial charge >= 0.3 is 0 Å². The number of hydrogen-bond acceptors (Lipinski definition) is 3. The van der Waals surface area contributed by atoms with Gasteiger partial charge in [-0.2, -0.15) is 5.10 Å². The van der Waals surface area contributed by atoms with E-state index in [4.69, 9.17) is 4.74 Å². The van der Waals surface area contributed by atoms with Crippen LogP contribution >= 0.6 is 0 Å². The Kier molecular flexibility index (Phi) is 5.31. The molecule has 0 saturated heterocycles. The van der Waals surface area contributed by atoms with E-state index in [1.165, 1.54) is 17.7 Å². The maximum absolute atomic E-state index is 13.1. The lowest BCUT2D eigenvalue weighted by atomic mass is 10.2. The Bertz CT molecular complexity index is 886. The van der Waals surface area contributed by atoms with E-state index in [9.17, 15) is 9.18 Å². The summed E-state index contributed by atoms with van der Waals surface area (Å²) < 4.78 is 20.2. The summed E-state index contributed by atoms with van der Waals surface area (Å²) >= 11 is 0. The zero-order chi connectivity index (χ0) is 18.5. The van der Waals surface area contributed by atoms with Crippen LogP contribution in [0.15, 0.2) is 54.6 Å². The summed E-state index contributed by atoms with van der Waals surface area (Å²) in [5, 5.41) is 7.12. The summed E-state index contributed by atoms with van der Waals surface area (Å²) in [6, 6.07) is 15.3. The van der Waals surface area contributed by atoms with E-state index in [1.54, 1.807) is 22.9 Å². The van der Waals surface area contributed by atoms with Crippen molar-refractivity contribution in [2.24, 2.45) is 0 Å². The van der Waals surface area contributed by atoms with Gasteiger partial charge in [-0.3, -0.25) is 4.79 Å². The van der Waals surface area contributed by atoms with Gasteiger partial charge in [-0.05, 0) is 55.3 Å². The third-order valence-electron chi connectivity index (χ3n) is 3.87. The van der Waals surface area contributed by atoms with E-state index in [1.807, 2.05) is 31.2 Å². The van der Waals surface area contributed by atoms with Crippen LogP contribution in [0.25, 0.3) is 5.69 Å². The molecule has 1 N–H and O–H groups in total. The summed E-state index contributed by atoms with van der Waals surface area (Å²) in [5.41, 5.74) is 2.60. The van der Waals surface area contributed by atoms with Crippen LogP contribution < -0.4 is 10.1 Å². The fourth-order valence-corrected chi connectivity index (χ4v) is 2.52. The van der Waals surface area contributed by atoms with Gasteiger partial charge < -0.3 is 10.1 Å². The molecule has 0 bridgehead atoms. The van der Waals surface area contributed by atoms with Crippen LogP contribution in [-0.2, 0) is 11.2 Å². The average Bonchev–Trinajstić information content (AvgIpc) is 3.01. The van der Waals surface area contributed by atoms with Crippen molar-refractivity contribution >= 4 is 11.7 Å². The third-order valence-corrected chi connectivity index (χ3v) is 3.87. The summed E-state index contributed by atoms with van der Waals surface area (Å²) in [6.07, 6.45) is 0.952. The van der Waals surface area contributed by atoms with Crippen molar-refractivity contribution in [3.05, 3.63) is 71.7 Å². The first kappa shape index (κ1) is 17.7. The summed E-state index contributed by atoms with van der Waals surface area (Å²) in [7, 11) is 0. The number of amides is 1. The SMILES string of the molecule is CCc1ccc(OCC(=O)Nc2cc(C)nn2-c2ccc(F)cc2)cc1. The molecule has 6 heteroatoms. The number of aromatic nitrogens is 2. The highest BCUT2D eigenvalue weighted by atomic mass is 19.1. The van der Waals surface area contributed by atoms with Gasteiger partial charge in [0, 0.05) is 6.07 Å². The second kappa shape index (κ2) is 7.82. The van der Waals surface area contributed by atoms with Crippen LogP contribution in [-0.4, -0.2) is 22.3 Å². The van der Waals surface area contributed by atoms with Crippen LogP contribution in [0.3, 0.4) is 0 Å². The Morgan fingerprint density at radius 1 is 1.15 bits per heavy atom. The van der Waals surface area contributed by atoms with E-state index in [2.05, 4.69) is 17.3 Å². The number of nitrogens with zero attached hydrogens (tertiary/aromatic N) is 2. The molecule has 3 rings (SSSR count). The zero-order valence-corrected chi connectivity index (χ0v) is 14.7. The van der Waals surface area contributed by atoms with Crippen molar-refractivity contribution < 1.29 is 13.9 Å². The summed E-state index contributed by atoms with van der Waals surface area (Å²) in [5.74, 6) is 0.517. The molecule has 0 unspecified atom stereocenters. The number of ether oxygens (including phenoxy) is 1. The number of rotatable bonds is 6. The average molecular weight is 353 g/mol. The number of halogens is 1. The predicted molar refractivity (Wildman–Crippen MR) is 98.2 cm³/mol. The van der Waals surface area contributed by atoms with Gasteiger partial charge in [0.15, 0.2) is 6.61 Å². The molecule has 2 aromatic carbocycles. The van der Waals surface area contributed by atoms with Gasteiger partial charge in [0.2, 0.25) is 0 Å². The van der Waals surface area contributed by atoms with Gasteiger partial charge in [0.05, 0.1) is 11.4 Å². The molecule has 1 heterocycles. The molecule has 0 radical (unpaired) electrons. The van der Waals surface area contributed by atoms with Crippen LogP contribution in [0.5, 0.6) is 5.75 Å². The highest BCUT2D eigenvalue weighted by Gasteiger charge is 2.11. The lowest BCUT2D eigenvalue weighted by Crippen LogP contribution is -2.21. The fraction of sp³-hybridized carbons (Fsp3) is 0.200. The highest BCUT2D eigenvalue weighted by molar-refractivity contribution is 5.91. The molecular weight excluding hydrogens is 333 g/mol. The lowest BCUT2D eigenvalue weighted by molar-refractivity contribution is -0.118. The maximum Gasteiger partial charge on any atom is 0.263 e. The number of anilines is 1.